The van der Waals surface area contributed by atoms with Gasteiger partial charge in [-0.3, -0.25) is 0 Å². The van der Waals surface area contributed by atoms with Gasteiger partial charge in [-0.15, -0.1) is 0 Å². The second-order valence-electron chi connectivity index (χ2n) is 15.4. The predicted octanol–water partition coefficient (Wildman–Crippen LogP) is 11.6. The second kappa shape index (κ2) is 12.6. The molecule has 3 heteroatoms. The molecule has 264 valence electrons. The number of aromatic nitrogens is 2. The van der Waals surface area contributed by atoms with E-state index in [9.17, 15) is 0 Å². The largest absolute Gasteiger partial charge is 0.307 e. The van der Waals surface area contributed by atoms with Gasteiger partial charge in [0, 0.05) is 32.9 Å². The SMILES string of the molecule is Cc1cc2ccccc2c(C)c1B(c1ccc2c(c1)c1ccc3c4ccccc4n(-c4ccccc4)c3c1n2-c1ccccc1)c1ccc2ccccc2c1C. The lowest BCUT2D eigenvalue weighted by Crippen LogP contribution is -2.54. The Morgan fingerprint density at radius 2 is 0.911 bits per heavy atom. The van der Waals surface area contributed by atoms with Crippen molar-refractivity contribution >= 4 is 88.3 Å². The molecule has 0 radical (unpaired) electrons. The third kappa shape index (κ3) is 4.77. The zero-order chi connectivity index (χ0) is 37.5. The molecule has 0 amide bonds. The van der Waals surface area contributed by atoms with E-state index in [1.807, 2.05) is 0 Å². The predicted molar refractivity (Wildman–Crippen MR) is 242 cm³/mol. The van der Waals surface area contributed by atoms with Gasteiger partial charge in [0.1, 0.15) is 0 Å². The van der Waals surface area contributed by atoms with E-state index in [0.717, 1.165) is 11.4 Å². The normalized spacial score (nSPS) is 11.8. The maximum absolute atomic E-state index is 2.51. The molecule has 56 heavy (non-hydrogen) atoms. The minimum atomic E-state index is 0.0308. The molecular weight excluding hydrogens is 675 g/mol. The quantitative estimate of drug-likeness (QED) is 0.157. The van der Waals surface area contributed by atoms with Crippen LogP contribution in [0.25, 0.3) is 76.5 Å². The molecule has 0 spiro atoms. The third-order valence-corrected chi connectivity index (χ3v) is 12.4. The van der Waals surface area contributed by atoms with Gasteiger partial charge in [0.2, 0.25) is 6.71 Å². The van der Waals surface area contributed by atoms with Gasteiger partial charge < -0.3 is 9.13 Å². The highest BCUT2D eigenvalue weighted by Gasteiger charge is 2.30. The van der Waals surface area contributed by atoms with Crippen LogP contribution in [0.3, 0.4) is 0 Å². The molecule has 11 rings (SSSR count). The zero-order valence-electron chi connectivity index (χ0n) is 31.8. The van der Waals surface area contributed by atoms with Gasteiger partial charge in [-0.2, -0.15) is 0 Å². The Morgan fingerprint density at radius 1 is 0.375 bits per heavy atom. The van der Waals surface area contributed by atoms with E-state index in [-0.39, 0.29) is 6.71 Å². The molecule has 0 aliphatic rings. The summed E-state index contributed by atoms with van der Waals surface area (Å²) >= 11 is 0. The average Bonchev–Trinajstić information content (AvgIpc) is 3.76. The molecule has 0 saturated heterocycles. The maximum atomic E-state index is 2.51. The summed E-state index contributed by atoms with van der Waals surface area (Å²) in [5.74, 6) is 0. The monoisotopic (exact) mass is 714 g/mol. The van der Waals surface area contributed by atoms with Crippen molar-refractivity contribution in [2.24, 2.45) is 0 Å². The summed E-state index contributed by atoms with van der Waals surface area (Å²) in [4.78, 5) is 0. The van der Waals surface area contributed by atoms with Gasteiger partial charge in [0.25, 0.3) is 0 Å². The molecule has 11 aromatic rings. The molecule has 0 unspecified atom stereocenters. The fourth-order valence-corrected chi connectivity index (χ4v) is 9.86. The minimum Gasteiger partial charge on any atom is -0.307 e. The van der Waals surface area contributed by atoms with Gasteiger partial charge in [-0.1, -0.05) is 168 Å². The minimum absolute atomic E-state index is 0.0308. The van der Waals surface area contributed by atoms with Crippen molar-refractivity contribution in [3.05, 3.63) is 199 Å². The Morgan fingerprint density at radius 3 is 1.59 bits per heavy atom. The Kier molecular flexibility index (Phi) is 7.34. The number of hydrogen-bond donors (Lipinski definition) is 0. The van der Waals surface area contributed by atoms with Crippen molar-refractivity contribution in [2.75, 3.05) is 0 Å². The molecule has 0 fully saturated rings. The van der Waals surface area contributed by atoms with Crippen LogP contribution in [0.2, 0.25) is 0 Å². The van der Waals surface area contributed by atoms with E-state index in [1.54, 1.807) is 0 Å². The highest BCUT2D eigenvalue weighted by atomic mass is 15.0. The number of nitrogens with zero attached hydrogens (tertiary/aromatic N) is 2. The van der Waals surface area contributed by atoms with E-state index in [0.29, 0.717) is 0 Å². The third-order valence-electron chi connectivity index (χ3n) is 12.4. The van der Waals surface area contributed by atoms with Crippen LogP contribution < -0.4 is 16.4 Å². The van der Waals surface area contributed by atoms with Crippen LogP contribution in [0.15, 0.2) is 182 Å². The Bertz CT molecular complexity index is 3330. The zero-order valence-corrected chi connectivity index (χ0v) is 31.8. The van der Waals surface area contributed by atoms with Crippen molar-refractivity contribution in [3.63, 3.8) is 0 Å². The fourth-order valence-electron chi connectivity index (χ4n) is 9.86. The van der Waals surface area contributed by atoms with Crippen LogP contribution in [0.4, 0.5) is 0 Å². The topological polar surface area (TPSA) is 9.86 Å². The molecule has 0 atom stereocenters. The number of aryl methyl sites for hydroxylation is 3. The van der Waals surface area contributed by atoms with Crippen LogP contribution in [-0.4, -0.2) is 15.8 Å². The summed E-state index contributed by atoms with van der Waals surface area (Å²) in [5.41, 5.74) is 15.2. The molecule has 2 nitrogen and oxygen atoms in total. The lowest BCUT2D eigenvalue weighted by molar-refractivity contribution is 1.15. The highest BCUT2D eigenvalue weighted by molar-refractivity contribution is 6.96. The van der Waals surface area contributed by atoms with Gasteiger partial charge >= 0.3 is 0 Å². The molecule has 2 heterocycles. The van der Waals surface area contributed by atoms with Crippen molar-refractivity contribution in [1.29, 1.82) is 0 Å². The van der Waals surface area contributed by atoms with Crippen LogP contribution in [-0.2, 0) is 0 Å². The summed E-state index contributed by atoms with van der Waals surface area (Å²) < 4.78 is 4.97. The Balaban J connectivity index is 1.27. The first-order valence-electron chi connectivity index (χ1n) is 19.6. The molecular formula is C53H39BN2. The number of hydrogen-bond acceptors (Lipinski definition) is 0. The smallest absolute Gasteiger partial charge is 0.242 e. The van der Waals surface area contributed by atoms with E-state index < -0.39 is 0 Å². The highest BCUT2D eigenvalue weighted by Crippen LogP contribution is 2.41. The molecule has 0 saturated carbocycles. The maximum Gasteiger partial charge on any atom is 0.242 e. The lowest BCUT2D eigenvalue weighted by atomic mass is 9.34. The van der Waals surface area contributed by atoms with Crippen LogP contribution in [0.5, 0.6) is 0 Å². The van der Waals surface area contributed by atoms with E-state index >= 15 is 0 Å². The van der Waals surface area contributed by atoms with E-state index in [1.165, 1.54) is 98.2 Å². The van der Waals surface area contributed by atoms with E-state index in [2.05, 4.69) is 212 Å². The molecule has 0 aliphatic carbocycles. The number of rotatable bonds is 5. The number of benzene rings is 9. The van der Waals surface area contributed by atoms with Crippen LogP contribution in [0.1, 0.15) is 16.7 Å². The molecule has 9 aromatic carbocycles. The standard InChI is InChI=1S/C53H39BN2/c1-34-32-38-17-11-13-23-43(38)36(3)51(34)54(48-30-26-37-16-10-12-22-42(37)35(48)2)39-27-31-50-47(33-39)46-29-28-45-44-24-14-15-25-49(44)55(40-18-6-4-7-19-40)52(45)53(46)56(50)41-20-8-5-9-21-41/h4-33H,1-3H3. The summed E-state index contributed by atoms with van der Waals surface area (Å²) in [6, 6.07) is 67.3. The first-order valence-corrected chi connectivity index (χ1v) is 19.6. The summed E-state index contributed by atoms with van der Waals surface area (Å²) in [5, 5.41) is 10.2. The first kappa shape index (κ1) is 32.6. The fraction of sp³-hybridized carbons (Fsp3) is 0.0566. The Labute approximate surface area is 327 Å². The van der Waals surface area contributed by atoms with Crippen LogP contribution in [0, 0.1) is 20.8 Å². The lowest BCUT2D eigenvalue weighted by Gasteiger charge is -2.24. The summed E-state index contributed by atoms with van der Waals surface area (Å²) in [6.45, 7) is 6.97. The first-order chi connectivity index (χ1) is 27.6. The van der Waals surface area contributed by atoms with Gasteiger partial charge in [0.15, 0.2) is 0 Å². The average molecular weight is 715 g/mol. The Hall–Kier alpha value is -6.84. The second-order valence-corrected chi connectivity index (χ2v) is 15.4. The molecule has 0 N–H and O–H groups in total. The van der Waals surface area contributed by atoms with E-state index in [4.69, 9.17) is 0 Å². The van der Waals surface area contributed by atoms with Crippen LogP contribution >= 0.6 is 0 Å². The summed E-state index contributed by atoms with van der Waals surface area (Å²) in [6.07, 6.45) is 0. The molecule has 2 aromatic heterocycles. The van der Waals surface area contributed by atoms with Crippen molar-refractivity contribution in [3.8, 4) is 11.4 Å². The van der Waals surface area contributed by atoms with Crippen molar-refractivity contribution in [2.45, 2.75) is 20.8 Å². The number of fused-ring (bicyclic) bond motifs is 9. The molecule has 0 aliphatic heterocycles. The van der Waals surface area contributed by atoms with Crippen molar-refractivity contribution in [1.82, 2.24) is 9.13 Å². The molecule has 0 bridgehead atoms. The summed E-state index contributed by atoms with van der Waals surface area (Å²) in [7, 11) is 0. The van der Waals surface area contributed by atoms with Crippen molar-refractivity contribution < 1.29 is 0 Å². The number of para-hydroxylation sites is 3. The van der Waals surface area contributed by atoms with Gasteiger partial charge in [-0.25, -0.2) is 0 Å². The van der Waals surface area contributed by atoms with Gasteiger partial charge in [0.05, 0.1) is 22.1 Å². The van der Waals surface area contributed by atoms with Gasteiger partial charge in [-0.05, 0) is 89.8 Å².